The molecule has 0 spiro atoms. The maximum absolute atomic E-state index is 14.6. The van der Waals surface area contributed by atoms with E-state index in [0.29, 0.717) is 23.0 Å². The Bertz CT molecular complexity index is 494. The third-order valence-corrected chi connectivity index (χ3v) is 4.15. The molecule has 6 heteroatoms. The summed E-state index contributed by atoms with van der Waals surface area (Å²) in [6.45, 7) is 8.12. The van der Waals surface area contributed by atoms with Gasteiger partial charge >= 0.3 is 0 Å². The fourth-order valence-corrected chi connectivity index (χ4v) is 3.04. The lowest BCUT2D eigenvalue weighted by molar-refractivity contribution is 0.150. The minimum atomic E-state index is -0.221. The van der Waals surface area contributed by atoms with Gasteiger partial charge in [-0.2, -0.15) is 0 Å². The van der Waals surface area contributed by atoms with Crippen molar-refractivity contribution in [1.82, 2.24) is 10.2 Å². The molecule has 0 bridgehead atoms. The molecule has 0 saturated carbocycles. The minimum Gasteiger partial charge on any atom is -0.493 e. The van der Waals surface area contributed by atoms with Crippen LogP contribution in [0.4, 0.5) is 4.39 Å². The van der Waals surface area contributed by atoms with Crippen LogP contribution in [0.1, 0.15) is 31.9 Å². The van der Waals surface area contributed by atoms with Crippen LogP contribution in [0.15, 0.2) is 12.1 Å². The standard InChI is InChI=1S/C17H27FN2O2.ClH/c1-12(2)9-15(20-7-5-19-6-8-20)13-10-16(21-3)17(22-4)11-14(13)18;/h10-12,15,19H,5-9H2,1-4H3;1H/t15-;/m1./s1. The molecule has 1 aromatic rings. The normalized spacial score (nSPS) is 16.8. The molecular formula is C17H28ClFN2O2. The molecule has 0 radical (unpaired) electrons. The van der Waals surface area contributed by atoms with E-state index in [0.717, 1.165) is 32.6 Å². The monoisotopic (exact) mass is 346 g/mol. The van der Waals surface area contributed by atoms with Gasteiger partial charge in [-0.25, -0.2) is 4.39 Å². The van der Waals surface area contributed by atoms with Crippen LogP contribution in [-0.2, 0) is 0 Å². The van der Waals surface area contributed by atoms with E-state index < -0.39 is 0 Å². The van der Waals surface area contributed by atoms with E-state index in [2.05, 4.69) is 24.1 Å². The van der Waals surface area contributed by atoms with E-state index in [1.54, 1.807) is 13.2 Å². The van der Waals surface area contributed by atoms with Crippen LogP contribution >= 0.6 is 12.4 Å². The predicted octanol–water partition coefficient (Wildman–Crippen LogP) is 3.26. The van der Waals surface area contributed by atoms with E-state index >= 15 is 0 Å². The Kier molecular flexibility index (Phi) is 8.09. The van der Waals surface area contributed by atoms with Crippen molar-refractivity contribution in [2.24, 2.45) is 5.92 Å². The van der Waals surface area contributed by atoms with Crippen molar-refractivity contribution >= 4 is 12.4 Å². The van der Waals surface area contributed by atoms with Crippen LogP contribution < -0.4 is 14.8 Å². The maximum Gasteiger partial charge on any atom is 0.163 e. The Balaban J connectivity index is 0.00000264. The van der Waals surface area contributed by atoms with E-state index in [1.165, 1.54) is 13.2 Å². The summed E-state index contributed by atoms with van der Waals surface area (Å²) < 4.78 is 25.2. The molecule has 1 saturated heterocycles. The second kappa shape index (κ2) is 9.30. The maximum atomic E-state index is 14.6. The predicted molar refractivity (Wildman–Crippen MR) is 93.4 cm³/mol. The van der Waals surface area contributed by atoms with Gasteiger partial charge in [-0.15, -0.1) is 12.4 Å². The van der Waals surface area contributed by atoms with Crippen LogP contribution in [0.25, 0.3) is 0 Å². The van der Waals surface area contributed by atoms with Gasteiger partial charge < -0.3 is 14.8 Å². The van der Waals surface area contributed by atoms with Crippen molar-refractivity contribution in [3.8, 4) is 11.5 Å². The fraction of sp³-hybridized carbons (Fsp3) is 0.647. The van der Waals surface area contributed by atoms with Crippen molar-refractivity contribution in [2.75, 3.05) is 40.4 Å². The number of halogens is 2. The van der Waals surface area contributed by atoms with Gasteiger partial charge in [0, 0.05) is 43.9 Å². The van der Waals surface area contributed by atoms with Gasteiger partial charge in [-0.1, -0.05) is 13.8 Å². The second-order valence-corrected chi connectivity index (χ2v) is 6.16. The quantitative estimate of drug-likeness (QED) is 0.857. The van der Waals surface area contributed by atoms with Crippen molar-refractivity contribution in [3.05, 3.63) is 23.5 Å². The van der Waals surface area contributed by atoms with Gasteiger partial charge in [0.1, 0.15) is 5.82 Å². The van der Waals surface area contributed by atoms with Crippen LogP contribution in [0.5, 0.6) is 11.5 Å². The first-order chi connectivity index (χ1) is 10.6. The first-order valence-corrected chi connectivity index (χ1v) is 7.93. The molecule has 1 aliphatic rings. The van der Waals surface area contributed by atoms with Crippen LogP contribution in [0, 0.1) is 11.7 Å². The lowest BCUT2D eigenvalue weighted by Crippen LogP contribution is -2.45. The molecule has 0 unspecified atom stereocenters. The first-order valence-electron chi connectivity index (χ1n) is 7.93. The van der Waals surface area contributed by atoms with Crippen molar-refractivity contribution in [2.45, 2.75) is 26.3 Å². The molecule has 1 aromatic carbocycles. The number of hydrogen-bond donors (Lipinski definition) is 1. The molecular weight excluding hydrogens is 319 g/mol. The SMILES string of the molecule is COc1cc(F)c([C@@H](CC(C)C)N2CCNCC2)cc1OC.Cl. The number of piperazine rings is 1. The van der Waals surface area contributed by atoms with E-state index in [-0.39, 0.29) is 24.3 Å². The molecule has 1 heterocycles. The van der Waals surface area contributed by atoms with E-state index in [9.17, 15) is 4.39 Å². The Labute approximate surface area is 144 Å². The zero-order valence-corrected chi connectivity index (χ0v) is 15.2. The molecule has 2 rings (SSSR count). The largest absolute Gasteiger partial charge is 0.493 e. The first kappa shape index (κ1) is 20.0. The van der Waals surface area contributed by atoms with Gasteiger partial charge in [0.2, 0.25) is 0 Å². The van der Waals surface area contributed by atoms with Gasteiger partial charge in [-0.05, 0) is 18.4 Å². The fourth-order valence-electron chi connectivity index (χ4n) is 3.04. The van der Waals surface area contributed by atoms with Crippen LogP contribution in [0.2, 0.25) is 0 Å². The lowest BCUT2D eigenvalue weighted by atomic mass is 9.94. The molecule has 1 fully saturated rings. The molecule has 1 aliphatic heterocycles. The van der Waals surface area contributed by atoms with Crippen molar-refractivity contribution < 1.29 is 13.9 Å². The zero-order valence-electron chi connectivity index (χ0n) is 14.4. The summed E-state index contributed by atoms with van der Waals surface area (Å²) in [5.74, 6) is 1.30. The highest BCUT2D eigenvalue weighted by Gasteiger charge is 2.27. The van der Waals surface area contributed by atoms with Gasteiger partial charge in [0.05, 0.1) is 14.2 Å². The zero-order chi connectivity index (χ0) is 16.1. The molecule has 1 atom stereocenters. The number of nitrogens with one attached hydrogen (secondary N) is 1. The molecule has 1 N–H and O–H groups in total. The third kappa shape index (κ3) is 4.96. The highest BCUT2D eigenvalue weighted by Crippen LogP contribution is 2.36. The van der Waals surface area contributed by atoms with Gasteiger partial charge in [0.25, 0.3) is 0 Å². The molecule has 0 aliphatic carbocycles. The molecule has 0 amide bonds. The number of nitrogens with zero attached hydrogens (tertiary/aromatic N) is 1. The van der Waals surface area contributed by atoms with Crippen LogP contribution in [0.3, 0.4) is 0 Å². The highest BCUT2D eigenvalue weighted by molar-refractivity contribution is 5.85. The Hall–Kier alpha value is -1.04. The molecule has 23 heavy (non-hydrogen) atoms. The summed E-state index contributed by atoms with van der Waals surface area (Å²) in [6.07, 6.45) is 0.923. The smallest absolute Gasteiger partial charge is 0.163 e. The lowest BCUT2D eigenvalue weighted by Gasteiger charge is -2.36. The third-order valence-electron chi connectivity index (χ3n) is 4.15. The average Bonchev–Trinajstić information content (AvgIpc) is 2.53. The van der Waals surface area contributed by atoms with E-state index in [4.69, 9.17) is 9.47 Å². The summed E-state index contributed by atoms with van der Waals surface area (Å²) in [7, 11) is 3.11. The molecule has 4 nitrogen and oxygen atoms in total. The molecule has 0 aromatic heterocycles. The van der Waals surface area contributed by atoms with Crippen LogP contribution in [-0.4, -0.2) is 45.3 Å². The highest BCUT2D eigenvalue weighted by atomic mass is 35.5. The second-order valence-electron chi connectivity index (χ2n) is 6.16. The summed E-state index contributed by atoms with van der Waals surface area (Å²) in [4.78, 5) is 2.36. The number of ether oxygens (including phenoxy) is 2. The van der Waals surface area contributed by atoms with Crippen molar-refractivity contribution in [1.29, 1.82) is 0 Å². The number of methoxy groups -OCH3 is 2. The Morgan fingerprint density at radius 3 is 2.22 bits per heavy atom. The summed E-state index contributed by atoms with van der Waals surface area (Å²) in [6, 6.07) is 3.30. The number of hydrogen-bond acceptors (Lipinski definition) is 4. The number of rotatable bonds is 6. The minimum absolute atomic E-state index is 0. The summed E-state index contributed by atoms with van der Waals surface area (Å²) in [5, 5.41) is 3.35. The summed E-state index contributed by atoms with van der Waals surface area (Å²) in [5.41, 5.74) is 0.702. The molecule has 132 valence electrons. The Morgan fingerprint density at radius 1 is 1.13 bits per heavy atom. The number of benzene rings is 1. The van der Waals surface area contributed by atoms with Crippen molar-refractivity contribution in [3.63, 3.8) is 0 Å². The van der Waals surface area contributed by atoms with Gasteiger partial charge in [0.15, 0.2) is 11.5 Å². The average molecular weight is 347 g/mol. The topological polar surface area (TPSA) is 33.7 Å². The Morgan fingerprint density at radius 2 is 1.70 bits per heavy atom. The van der Waals surface area contributed by atoms with E-state index in [1.807, 2.05) is 0 Å². The van der Waals surface area contributed by atoms with Gasteiger partial charge in [-0.3, -0.25) is 4.90 Å². The summed E-state index contributed by atoms with van der Waals surface area (Å²) >= 11 is 0.